The van der Waals surface area contributed by atoms with Crippen molar-refractivity contribution in [3.05, 3.63) is 59.0 Å². The van der Waals surface area contributed by atoms with Gasteiger partial charge in [0.2, 0.25) is 0 Å². The molecule has 2 heteroatoms. The van der Waals surface area contributed by atoms with Gasteiger partial charge in [-0.25, -0.2) is 0 Å². The summed E-state index contributed by atoms with van der Waals surface area (Å²) in [5.41, 5.74) is 3.76. The van der Waals surface area contributed by atoms with Gasteiger partial charge in [-0.2, -0.15) is 0 Å². The van der Waals surface area contributed by atoms with Gasteiger partial charge in [-0.1, -0.05) is 18.2 Å². The lowest BCUT2D eigenvalue weighted by atomic mass is 9.89. The van der Waals surface area contributed by atoms with Crippen molar-refractivity contribution in [1.29, 1.82) is 0 Å². The smallest absolute Gasteiger partial charge is 0.137 e. The molecule has 1 aliphatic rings. The zero-order chi connectivity index (χ0) is 11.7. The Kier molecular flexibility index (Phi) is 2.73. The molecule has 0 aliphatic heterocycles. The van der Waals surface area contributed by atoms with Gasteiger partial charge in [-0.3, -0.25) is 0 Å². The van der Waals surface area contributed by atoms with Crippen LogP contribution in [0.2, 0.25) is 0 Å². The number of furan rings is 1. The minimum absolute atomic E-state index is 0.612. The van der Waals surface area contributed by atoms with E-state index in [2.05, 4.69) is 12.1 Å². The van der Waals surface area contributed by atoms with Crippen molar-refractivity contribution >= 4 is 0 Å². The van der Waals surface area contributed by atoms with E-state index in [-0.39, 0.29) is 0 Å². The number of aliphatic hydroxyl groups is 1. The lowest BCUT2D eigenvalue weighted by Gasteiger charge is -2.18. The van der Waals surface area contributed by atoms with E-state index in [9.17, 15) is 5.11 Å². The van der Waals surface area contributed by atoms with Crippen LogP contribution in [0.25, 0.3) is 0 Å². The maximum absolute atomic E-state index is 10.2. The highest BCUT2D eigenvalue weighted by atomic mass is 16.4. The summed E-state index contributed by atoms with van der Waals surface area (Å²) in [5.74, 6) is 0.612. The number of aliphatic hydroxyl groups excluding tert-OH is 1. The summed E-state index contributed by atoms with van der Waals surface area (Å²) in [4.78, 5) is 0. The Morgan fingerprint density at radius 3 is 2.65 bits per heavy atom. The van der Waals surface area contributed by atoms with Crippen LogP contribution in [0.15, 0.2) is 41.0 Å². The van der Waals surface area contributed by atoms with Crippen molar-refractivity contribution < 1.29 is 9.52 Å². The molecule has 1 aliphatic carbocycles. The molecule has 3 rings (SSSR count). The first-order valence-electron chi connectivity index (χ1n) is 6.18. The van der Waals surface area contributed by atoms with Crippen LogP contribution in [0.1, 0.15) is 41.4 Å². The van der Waals surface area contributed by atoms with E-state index in [1.807, 2.05) is 12.1 Å². The van der Waals surface area contributed by atoms with Crippen molar-refractivity contribution in [2.24, 2.45) is 0 Å². The topological polar surface area (TPSA) is 33.4 Å². The number of hydrogen-bond acceptors (Lipinski definition) is 2. The quantitative estimate of drug-likeness (QED) is 0.856. The Hall–Kier alpha value is -1.54. The molecular formula is C15H16O2. The van der Waals surface area contributed by atoms with E-state index >= 15 is 0 Å². The van der Waals surface area contributed by atoms with Gasteiger partial charge in [0.25, 0.3) is 0 Å². The highest BCUT2D eigenvalue weighted by Crippen LogP contribution is 2.27. The van der Waals surface area contributed by atoms with Crippen molar-refractivity contribution in [2.75, 3.05) is 0 Å². The maximum Gasteiger partial charge on any atom is 0.137 e. The Morgan fingerprint density at radius 1 is 1.06 bits per heavy atom. The van der Waals surface area contributed by atoms with Gasteiger partial charge in [0.1, 0.15) is 11.9 Å². The first kappa shape index (κ1) is 10.6. The third kappa shape index (κ3) is 2.01. The Bertz CT molecular complexity index is 500. The summed E-state index contributed by atoms with van der Waals surface area (Å²) >= 11 is 0. The zero-order valence-electron chi connectivity index (χ0n) is 9.73. The van der Waals surface area contributed by atoms with E-state index in [1.165, 1.54) is 30.4 Å². The second-order valence-electron chi connectivity index (χ2n) is 4.65. The molecule has 1 heterocycles. The van der Waals surface area contributed by atoms with Crippen LogP contribution in [0.4, 0.5) is 0 Å². The second-order valence-corrected chi connectivity index (χ2v) is 4.65. The minimum atomic E-state index is -0.641. The Labute approximate surface area is 101 Å². The van der Waals surface area contributed by atoms with E-state index in [0.717, 1.165) is 12.0 Å². The zero-order valence-corrected chi connectivity index (χ0v) is 9.73. The monoisotopic (exact) mass is 228 g/mol. The van der Waals surface area contributed by atoms with Gasteiger partial charge >= 0.3 is 0 Å². The lowest BCUT2D eigenvalue weighted by Crippen LogP contribution is -2.05. The molecule has 2 nitrogen and oxygen atoms in total. The fraction of sp³-hybridized carbons (Fsp3) is 0.333. The number of fused-ring (bicyclic) bond motifs is 1. The highest BCUT2D eigenvalue weighted by Gasteiger charge is 2.16. The van der Waals surface area contributed by atoms with Crippen molar-refractivity contribution in [3.8, 4) is 0 Å². The van der Waals surface area contributed by atoms with Crippen LogP contribution in [0.3, 0.4) is 0 Å². The third-order valence-electron chi connectivity index (χ3n) is 3.50. The van der Waals surface area contributed by atoms with E-state index in [1.54, 1.807) is 12.3 Å². The first-order chi connectivity index (χ1) is 8.34. The lowest BCUT2D eigenvalue weighted by molar-refractivity contribution is 0.189. The number of benzene rings is 1. The first-order valence-corrected chi connectivity index (χ1v) is 6.18. The molecule has 1 atom stereocenters. The van der Waals surface area contributed by atoms with Crippen LogP contribution < -0.4 is 0 Å². The van der Waals surface area contributed by atoms with Gasteiger partial charge in [0.05, 0.1) is 6.26 Å². The van der Waals surface area contributed by atoms with Gasteiger partial charge in [-0.15, -0.1) is 0 Å². The van der Waals surface area contributed by atoms with Gasteiger partial charge in [-0.05, 0) is 54.5 Å². The highest BCUT2D eigenvalue weighted by molar-refractivity contribution is 5.36. The summed E-state index contributed by atoms with van der Waals surface area (Å²) in [6.07, 6.45) is 5.80. The van der Waals surface area contributed by atoms with Gasteiger partial charge < -0.3 is 9.52 Å². The fourth-order valence-electron chi connectivity index (χ4n) is 2.53. The Morgan fingerprint density at radius 2 is 1.88 bits per heavy atom. The van der Waals surface area contributed by atoms with Crippen LogP contribution >= 0.6 is 0 Å². The van der Waals surface area contributed by atoms with E-state index in [0.29, 0.717) is 5.76 Å². The molecule has 0 saturated heterocycles. The Balaban J connectivity index is 1.93. The predicted molar refractivity (Wildman–Crippen MR) is 65.9 cm³/mol. The summed E-state index contributed by atoms with van der Waals surface area (Å²) in [5, 5.41) is 10.2. The summed E-state index contributed by atoms with van der Waals surface area (Å²) < 4.78 is 5.24. The fourth-order valence-corrected chi connectivity index (χ4v) is 2.53. The minimum Gasteiger partial charge on any atom is -0.466 e. The molecule has 0 fully saturated rings. The summed E-state index contributed by atoms with van der Waals surface area (Å²) in [7, 11) is 0. The van der Waals surface area contributed by atoms with Crippen LogP contribution in [0, 0.1) is 0 Å². The second kappa shape index (κ2) is 4.38. The number of rotatable bonds is 2. The summed E-state index contributed by atoms with van der Waals surface area (Å²) in [6.45, 7) is 0. The molecule has 1 aromatic heterocycles. The average molecular weight is 228 g/mol. The maximum atomic E-state index is 10.2. The predicted octanol–water partition coefficient (Wildman–Crippen LogP) is 3.24. The SMILES string of the molecule is OC(c1ccc2c(c1)CCCC2)c1ccco1. The molecule has 17 heavy (non-hydrogen) atoms. The van der Waals surface area contributed by atoms with Crippen molar-refractivity contribution in [2.45, 2.75) is 31.8 Å². The molecule has 1 N–H and O–H groups in total. The number of aryl methyl sites for hydroxylation is 2. The molecule has 0 amide bonds. The molecule has 0 saturated carbocycles. The third-order valence-corrected chi connectivity index (χ3v) is 3.50. The molecule has 2 aromatic rings. The molecule has 0 radical (unpaired) electrons. The van der Waals surface area contributed by atoms with E-state index < -0.39 is 6.10 Å². The van der Waals surface area contributed by atoms with Crippen LogP contribution in [0.5, 0.6) is 0 Å². The normalized spacial score (nSPS) is 16.5. The molecule has 0 spiro atoms. The molecular weight excluding hydrogens is 212 g/mol. The van der Waals surface area contributed by atoms with Crippen molar-refractivity contribution in [3.63, 3.8) is 0 Å². The number of hydrogen-bond donors (Lipinski definition) is 1. The van der Waals surface area contributed by atoms with Crippen LogP contribution in [-0.2, 0) is 12.8 Å². The average Bonchev–Trinajstić information content (AvgIpc) is 2.91. The van der Waals surface area contributed by atoms with Gasteiger partial charge in [0, 0.05) is 0 Å². The van der Waals surface area contributed by atoms with Gasteiger partial charge in [0.15, 0.2) is 0 Å². The molecule has 1 unspecified atom stereocenters. The molecule has 0 bridgehead atoms. The largest absolute Gasteiger partial charge is 0.466 e. The standard InChI is InChI=1S/C15H16O2/c16-15(14-6-3-9-17-14)13-8-7-11-4-1-2-5-12(11)10-13/h3,6-10,15-16H,1-2,4-5H2. The van der Waals surface area contributed by atoms with Crippen molar-refractivity contribution in [1.82, 2.24) is 0 Å². The molecule has 1 aromatic carbocycles. The van der Waals surface area contributed by atoms with Crippen LogP contribution in [-0.4, -0.2) is 5.11 Å². The molecule has 88 valence electrons. The summed E-state index contributed by atoms with van der Waals surface area (Å²) in [6, 6.07) is 9.90. The van der Waals surface area contributed by atoms with E-state index in [4.69, 9.17) is 4.42 Å².